The molecule has 49 heavy (non-hydrogen) atoms. The van der Waals surface area contributed by atoms with Crippen LogP contribution < -0.4 is 0 Å². The Kier molecular flexibility index (Phi) is 32.7. The summed E-state index contributed by atoms with van der Waals surface area (Å²) in [5, 5.41) is 0. The molecule has 0 bridgehead atoms. The number of hydrogen-bond acceptors (Lipinski definition) is 4. The van der Waals surface area contributed by atoms with Gasteiger partial charge in [-0.2, -0.15) is 0 Å². The van der Waals surface area contributed by atoms with Gasteiger partial charge in [0.25, 0.3) is 0 Å². The first kappa shape index (κ1) is 45.7. The van der Waals surface area contributed by atoms with E-state index in [1.165, 1.54) is 161 Å². The summed E-state index contributed by atoms with van der Waals surface area (Å²) in [5.41, 5.74) is 0. The van der Waals surface area contributed by atoms with E-state index in [0.717, 1.165) is 44.9 Å². The van der Waals surface area contributed by atoms with Gasteiger partial charge in [0.15, 0.2) is 0 Å². The van der Waals surface area contributed by atoms with Crippen LogP contribution in [0.5, 0.6) is 0 Å². The summed E-state index contributed by atoms with van der Waals surface area (Å²) in [6.07, 6.45) is 45.2. The zero-order chi connectivity index (χ0) is 35.5. The maximum Gasteiger partial charge on any atom is 0.309 e. The van der Waals surface area contributed by atoms with Crippen LogP contribution in [0.15, 0.2) is 12.2 Å². The smallest absolute Gasteiger partial charge is 0.309 e. The second kappa shape index (κ2) is 35.1. The van der Waals surface area contributed by atoms with Crippen molar-refractivity contribution in [3.05, 3.63) is 12.2 Å². The van der Waals surface area contributed by atoms with Crippen molar-refractivity contribution in [2.24, 2.45) is 17.8 Å². The van der Waals surface area contributed by atoms with Gasteiger partial charge in [-0.05, 0) is 50.4 Å². The molecule has 0 aromatic rings. The lowest BCUT2D eigenvalue weighted by Crippen LogP contribution is -2.30. The summed E-state index contributed by atoms with van der Waals surface area (Å²) in [7, 11) is 0. The van der Waals surface area contributed by atoms with Crippen molar-refractivity contribution in [1.82, 2.24) is 0 Å². The SMILES string of the molecule is CCCCCCCCCCCCOC(=O)CCCCCCC[C@@H]1C=C[C@@H](CCCCCC)[C@H](C(=O)OCCCCCCCCCCCC)C1. The molecule has 0 aromatic heterocycles. The first-order valence-corrected chi connectivity index (χ1v) is 22.1. The summed E-state index contributed by atoms with van der Waals surface area (Å²) in [6, 6.07) is 0. The number of carbonyl (C=O) groups is 2. The van der Waals surface area contributed by atoms with Gasteiger partial charge in [-0.1, -0.05) is 200 Å². The molecule has 4 heteroatoms. The van der Waals surface area contributed by atoms with Gasteiger partial charge in [0.2, 0.25) is 0 Å². The molecule has 0 spiro atoms. The molecule has 1 aliphatic rings. The molecular formula is C45H84O4. The minimum atomic E-state index is -0.0152. The number of esters is 2. The molecule has 3 atom stereocenters. The van der Waals surface area contributed by atoms with Crippen LogP contribution in [0.25, 0.3) is 0 Å². The fraction of sp³-hybridized carbons (Fsp3) is 0.911. The summed E-state index contributed by atoms with van der Waals surface area (Å²) in [4.78, 5) is 25.4. The van der Waals surface area contributed by atoms with E-state index < -0.39 is 0 Å². The Labute approximate surface area is 306 Å². The lowest BCUT2D eigenvalue weighted by atomic mass is 9.75. The Bertz CT molecular complexity index is 761. The summed E-state index contributed by atoms with van der Waals surface area (Å²) in [6.45, 7) is 7.99. The van der Waals surface area contributed by atoms with E-state index in [-0.39, 0.29) is 17.9 Å². The van der Waals surface area contributed by atoms with Gasteiger partial charge in [0.1, 0.15) is 0 Å². The van der Waals surface area contributed by atoms with Gasteiger partial charge in [-0.3, -0.25) is 9.59 Å². The maximum absolute atomic E-state index is 13.3. The van der Waals surface area contributed by atoms with Crippen molar-refractivity contribution in [1.29, 1.82) is 0 Å². The van der Waals surface area contributed by atoms with Crippen molar-refractivity contribution in [2.75, 3.05) is 13.2 Å². The molecule has 0 saturated heterocycles. The van der Waals surface area contributed by atoms with Crippen LogP contribution in [0.3, 0.4) is 0 Å². The molecule has 1 aliphatic carbocycles. The predicted octanol–water partition coefficient (Wildman–Crippen LogP) is 14.4. The average molecular weight is 689 g/mol. The van der Waals surface area contributed by atoms with Crippen molar-refractivity contribution in [3.8, 4) is 0 Å². The molecule has 1 rings (SSSR count). The number of allylic oxidation sites excluding steroid dienone is 2. The highest BCUT2D eigenvalue weighted by molar-refractivity contribution is 5.73. The molecule has 288 valence electrons. The molecular weight excluding hydrogens is 604 g/mol. The Balaban J connectivity index is 2.17. The third kappa shape index (κ3) is 28.0. The molecule has 0 saturated carbocycles. The molecule has 0 unspecified atom stereocenters. The van der Waals surface area contributed by atoms with Gasteiger partial charge < -0.3 is 9.47 Å². The monoisotopic (exact) mass is 689 g/mol. The van der Waals surface area contributed by atoms with Crippen LogP contribution >= 0.6 is 0 Å². The van der Waals surface area contributed by atoms with Crippen molar-refractivity contribution in [3.63, 3.8) is 0 Å². The molecule has 0 amide bonds. The van der Waals surface area contributed by atoms with Gasteiger partial charge in [-0.25, -0.2) is 0 Å². The zero-order valence-electron chi connectivity index (χ0n) is 33.3. The van der Waals surface area contributed by atoms with Crippen LogP contribution in [0.4, 0.5) is 0 Å². The van der Waals surface area contributed by atoms with Gasteiger partial charge in [0, 0.05) is 6.42 Å². The van der Waals surface area contributed by atoms with E-state index in [4.69, 9.17) is 9.47 Å². The summed E-state index contributed by atoms with van der Waals surface area (Å²) < 4.78 is 11.4. The number of rotatable bonds is 36. The Morgan fingerprint density at radius 2 is 0.878 bits per heavy atom. The van der Waals surface area contributed by atoms with E-state index in [1.807, 2.05) is 0 Å². The normalized spacial score (nSPS) is 17.4. The van der Waals surface area contributed by atoms with Crippen molar-refractivity contribution < 1.29 is 19.1 Å². The van der Waals surface area contributed by atoms with Crippen LogP contribution in [-0.2, 0) is 19.1 Å². The van der Waals surface area contributed by atoms with E-state index in [9.17, 15) is 9.59 Å². The minimum Gasteiger partial charge on any atom is -0.466 e. The molecule has 0 fully saturated rings. The van der Waals surface area contributed by atoms with Crippen molar-refractivity contribution in [2.45, 2.75) is 233 Å². The van der Waals surface area contributed by atoms with E-state index in [2.05, 4.69) is 32.9 Å². The standard InChI is InChI=1S/C45H84O4/c1-4-7-10-13-15-17-19-21-26-31-38-48-44(46)35-30-25-23-24-28-33-41-36-37-42(34-29-12-9-6-3)43(40-41)45(47)49-39-32-27-22-20-18-16-14-11-8-5-2/h36-37,41-43H,4-35,38-40H2,1-3H3/t41-,42-,43-/m1/s1. The van der Waals surface area contributed by atoms with Crippen molar-refractivity contribution >= 4 is 11.9 Å². The number of carbonyl (C=O) groups excluding carboxylic acids is 2. The van der Waals surface area contributed by atoms with E-state index in [1.54, 1.807) is 0 Å². The molecule has 0 aromatic carbocycles. The maximum atomic E-state index is 13.3. The number of hydrogen-bond donors (Lipinski definition) is 0. The number of unbranched alkanes of at least 4 members (excludes halogenated alkanes) is 25. The van der Waals surface area contributed by atoms with E-state index in [0.29, 0.717) is 31.5 Å². The highest BCUT2D eigenvalue weighted by atomic mass is 16.5. The second-order valence-corrected chi connectivity index (χ2v) is 15.6. The Morgan fingerprint density at radius 1 is 0.469 bits per heavy atom. The van der Waals surface area contributed by atoms with Crippen LogP contribution in [0.2, 0.25) is 0 Å². The topological polar surface area (TPSA) is 52.6 Å². The van der Waals surface area contributed by atoms with Gasteiger partial charge in [0.05, 0.1) is 19.1 Å². The molecule has 0 heterocycles. The highest BCUT2D eigenvalue weighted by Gasteiger charge is 2.32. The first-order valence-electron chi connectivity index (χ1n) is 22.1. The fourth-order valence-corrected chi connectivity index (χ4v) is 7.53. The summed E-state index contributed by atoms with van der Waals surface area (Å²) in [5.74, 6) is 0.913. The lowest BCUT2D eigenvalue weighted by Gasteiger charge is -2.30. The lowest BCUT2D eigenvalue weighted by molar-refractivity contribution is -0.151. The molecule has 0 radical (unpaired) electrons. The average Bonchev–Trinajstić information content (AvgIpc) is 3.11. The van der Waals surface area contributed by atoms with E-state index >= 15 is 0 Å². The van der Waals surface area contributed by atoms with Gasteiger partial charge >= 0.3 is 11.9 Å². The predicted molar refractivity (Wildman–Crippen MR) is 211 cm³/mol. The van der Waals surface area contributed by atoms with Gasteiger partial charge in [-0.15, -0.1) is 0 Å². The minimum absolute atomic E-state index is 0.0152. The fourth-order valence-electron chi connectivity index (χ4n) is 7.53. The molecule has 4 nitrogen and oxygen atoms in total. The second-order valence-electron chi connectivity index (χ2n) is 15.6. The zero-order valence-corrected chi connectivity index (χ0v) is 33.3. The highest BCUT2D eigenvalue weighted by Crippen LogP contribution is 2.35. The number of ether oxygens (including phenoxy) is 2. The summed E-state index contributed by atoms with van der Waals surface area (Å²) >= 11 is 0. The third-order valence-electron chi connectivity index (χ3n) is 10.9. The Hall–Kier alpha value is -1.32. The van der Waals surface area contributed by atoms with Crippen LogP contribution in [-0.4, -0.2) is 25.2 Å². The Morgan fingerprint density at radius 3 is 1.41 bits per heavy atom. The quantitative estimate of drug-likeness (QED) is 0.0373. The largest absolute Gasteiger partial charge is 0.466 e. The molecule has 0 N–H and O–H groups in total. The third-order valence-corrected chi connectivity index (χ3v) is 10.9. The van der Waals surface area contributed by atoms with Crippen LogP contribution in [0, 0.1) is 17.8 Å². The van der Waals surface area contributed by atoms with Crippen LogP contribution in [0.1, 0.15) is 233 Å². The first-order chi connectivity index (χ1) is 24.1. The molecule has 0 aliphatic heterocycles.